The first-order valence-electron chi connectivity index (χ1n) is 5.95. The van der Waals surface area contributed by atoms with Crippen LogP contribution in [0.2, 0.25) is 0 Å². The van der Waals surface area contributed by atoms with Gasteiger partial charge in [-0.3, -0.25) is 4.79 Å². The molecule has 0 aliphatic rings. The Labute approximate surface area is 107 Å². The maximum atomic E-state index is 12.0. The van der Waals surface area contributed by atoms with E-state index in [1.54, 1.807) is 24.3 Å². The fourth-order valence-corrected chi connectivity index (χ4v) is 1.66. The summed E-state index contributed by atoms with van der Waals surface area (Å²) in [5, 5.41) is 2.83. The fourth-order valence-electron chi connectivity index (χ4n) is 1.66. The minimum atomic E-state index is -0.109. The van der Waals surface area contributed by atoms with Gasteiger partial charge in [0.1, 0.15) is 0 Å². The van der Waals surface area contributed by atoms with Crippen molar-refractivity contribution < 1.29 is 4.79 Å². The van der Waals surface area contributed by atoms with Gasteiger partial charge >= 0.3 is 0 Å². The predicted molar refractivity (Wildman–Crippen MR) is 74.6 cm³/mol. The molecule has 0 saturated heterocycles. The van der Waals surface area contributed by atoms with Crippen molar-refractivity contribution in [2.75, 3.05) is 11.1 Å². The van der Waals surface area contributed by atoms with E-state index in [0.29, 0.717) is 11.3 Å². The second-order valence-corrected chi connectivity index (χ2v) is 4.13. The molecule has 0 saturated carbocycles. The van der Waals surface area contributed by atoms with Crippen LogP contribution < -0.4 is 11.1 Å². The van der Waals surface area contributed by atoms with E-state index in [2.05, 4.69) is 12.2 Å². The van der Waals surface area contributed by atoms with Crippen molar-refractivity contribution in [3.63, 3.8) is 0 Å². The van der Waals surface area contributed by atoms with E-state index < -0.39 is 0 Å². The molecule has 0 heterocycles. The number of hydrogen-bond acceptors (Lipinski definition) is 2. The van der Waals surface area contributed by atoms with Crippen LogP contribution in [0.15, 0.2) is 48.5 Å². The normalized spacial score (nSPS) is 10.1. The highest BCUT2D eigenvalue weighted by atomic mass is 16.1. The highest BCUT2D eigenvalue weighted by Crippen LogP contribution is 2.12. The Bertz CT molecular complexity index is 529. The van der Waals surface area contributed by atoms with Gasteiger partial charge in [-0.1, -0.05) is 19.1 Å². The number of benzene rings is 2. The molecule has 0 radical (unpaired) electrons. The Kier molecular flexibility index (Phi) is 3.63. The quantitative estimate of drug-likeness (QED) is 0.810. The van der Waals surface area contributed by atoms with Gasteiger partial charge in [0.2, 0.25) is 0 Å². The van der Waals surface area contributed by atoms with E-state index in [1.807, 2.05) is 24.3 Å². The first-order valence-corrected chi connectivity index (χ1v) is 5.95. The Balaban J connectivity index is 2.09. The summed E-state index contributed by atoms with van der Waals surface area (Å²) in [4.78, 5) is 12.0. The Hall–Kier alpha value is -2.29. The number of nitrogens with one attached hydrogen (secondary N) is 1. The highest BCUT2D eigenvalue weighted by molar-refractivity contribution is 6.04. The lowest BCUT2D eigenvalue weighted by atomic mass is 10.1. The summed E-state index contributed by atoms with van der Waals surface area (Å²) in [5.74, 6) is -0.109. The van der Waals surface area contributed by atoms with E-state index in [4.69, 9.17) is 5.73 Å². The fraction of sp³-hybridized carbons (Fsp3) is 0.133. The summed E-state index contributed by atoms with van der Waals surface area (Å²) in [7, 11) is 0. The maximum absolute atomic E-state index is 12.0. The summed E-state index contributed by atoms with van der Waals surface area (Å²) >= 11 is 0. The molecular weight excluding hydrogens is 224 g/mol. The molecule has 3 N–H and O–H groups in total. The van der Waals surface area contributed by atoms with Crippen LogP contribution in [0.5, 0.6) is 0 Å². The monoisotopic (exact) mass is 240 g/mol. The van der Waals surface area contributed by atoms with Gasteiger partial charge in [0.15, 0.2) is 0 Å². The van der Waals surface area contributed by atoms with Crippen LogP contribution in [0, 0.1) is 0 Å². The van der Waals surface area contributed by atoms with E-state index in [9.17, 15) is 4.79 Å². The molecule has 2 aromatic carbocycles. The third kappa shape index (κ3) is 2.88. The Morgan fingerprint density at radius 1 is 1.06 bits per heavy atom. The molecule has 0 aliphatic carbocycles. The topological polar surface area (TPSA) is 55.1 Å². The van der Waals surface area contributed by atoms with Crippen molar-refractivity contribution >= 4 is 17.3 Å². The molecule has 18 heavy (non-hydrogen) atoms. The van der Waals surface area contributed by atoms with Gasteiger partial charge in [0.25, 0.3) is 5.91 Å². The molecular formula is C15H16N2O. The number of carbonyl (C=O) groups is 1. The number of nitrogen functional groups attached to an aromatic ring is 1. The first kappa shape index (κ1) is 12.2. The third-order valence-corrected chi connectivity index (χ3v) is 2.79. The van der Waals surface area contributed by atoms with Crippen LogP contribution in [0.3, 0.4) is 0 Å². The van der Waals surface area contributed by atoms with Gasteiger partial charge in [-0.05, 0) is 48.4 Å². The molecule has 0 spiro atoms. The number of carbonyl (C=O) groups excluding carboxylic acids is 1. The molecule has 0 aliphatic heterocycles. The van der Waals surface area contributed by atoms with Gasteiger partial charge < -0.3 is 11.1 Å². The summed E-state index contributed by atoms with van der Waals surface area (Å²) in [6, 6.07) is 14.7. The van der Waals surface area contributed by atoms with Crippen LogP contribution in [-0.4, -0.2) is 5.91 Å². The molecule has 2 rings (SSSR count). The molecule has 0 aromatic heterocycles. The predicted octanol–water partition coefficient (Wildman–Crippen LogP) is 3.08. The van der Waals surface area contributed by atoms with Crippen LogP contribution in [0.1, 0.15) is 22.8 Å². The van der Waals surface area contributed by atoms with Crippen LogP contribution in [-0.2, 0) is 6.42 Å². The third-order valence-electron chi connectivity index (χ3n) is 2.79. The number of rotatable bonds is 3. The zero-order valence-corrected chi connectivity index (χ0v) is 10.3. The van der Waals surface area contributed by atoms with Crippen molar-refractivity contribution in [3.05, 3.63) is 59.7 Å². The second kappa shape index (κ2) is 5.36. The largest absolute Gasteiger partial charge is 0.399 e. The molecule has 3 heteroatoms. The van der Waals surface area contributed by atoms with E-state index in [1.165, 1.54) is 5.56 Å². The standard InChI is InChI=1S/C15H16N2O/c1-2-11-3-5-12(6-4-11)15(18)17-14-9-7-13(16)8-10-14/h3-10H,2,16H2,1H3,(H,17,18). The zero-order valence-electron chi connectivity index (χ0n) is 10.3. The SMILES string of the molecule is CCc1ccc(C(=O)Nc2ccc(N)cc2)cc1. The van der Waals surface area contributed by atoms with Crippen molar-refractivity contribution in [2.24, 2.45) is 0 Å². The van der Waals surface area contributed by atoms with Gasteiger partial charge in [0.05, 0.1) is 0 Å². The summed E-state index contributed by atoms with van der Waals surface area (Å²) < 4.78 is 0. The van der Waals surface area contributed by atoms with Gasteiger partial charge in [0, 0.05) is 16.9 Å². The lowest BCUT2D eigenvalue weighted by molar-refractivity contribution is 0.102. The lowest BCUT2D eigenvalue weighted by Gasteiger charge is -2.06. The van der Waals surface area contributed by atoms with Crippen LogP contribution in [0.4, 0.5) is 11.4 Å². The summed E-state index contributed by atoms with van der Waals surface area (Å²) in [5.41, 5.74) is 8.89. The average molecular weight is 240 g/mol. The van der Waals surface area contributed by atoms with Gasteiger partial charge in [-0.15, -0.1) is 0 Å². The maximum Gasteiger partial charge on any atom is 0.255 e. The van der Waals surface area contributed by atoms with Crippen molar-refractivity contribution in [1.82, 2.24) is 0 Å². The number of aryl methyl sites for hydroxylation is 1. The minimum absolute atomic E-state index is 0.109. The zero-order chi connectivity index (χ0) is 13.0. The average Bonchev–Trinajstić information content (AvgIpc) is 2.41. The molecule has 0 bridgehead atoms. The summed E-state index contributed by atoms with van der Waals surface area (Å²) in [6.07, 6.45) is 0.972. The smallest absolute Gasteiger partial charge is 0.255 e. The Morgan fingerprint density at radius 2 is 1.67 bits per heavy atom. The molecule has 92 valence electrons. The van der Waals surface area contributed by atoms with E-state index in [0.717, 1.165) is 12.1 Å². The van der Waals surface area contributed by atoms with Crippen molar-refractivity contribution in [3.8, 4) is 0 Å². The molecule has 2 aromatic rings. The van der Waals surface area contributed by atoms with Crippen LogP contribution in [0.25, 0.3) is 0 Å². The number of anilines is 2. The van der Waals surface area contributed by atoms with Crippen molar-refractivity contribution in [1.29, 1.82) is 0 Å². The van der Waals surface area contributed by atoms with Gasteiger partial charge in [-0.25, -0.2) is 0 Å². The highest BCUT2D eigenvalue weighted by Gasteiger charge is 2.05. The lowest BCUT2D eigenvalue weighted by Crippen LogP contribution is -2.11. The minimum Gasteiger partial charge on any atom is -0.399 e. The molecule has 0 atom stereocenters. The summed E-state index contributed by atoms with van der Waals surface area (Å²) in [6.45, 7) is 2.09. The number of hydrogen-bond donors (Lipinski definition) is 2. The molecule has 0 unspecified atom stereocenters. The Morgan fingerprint density at radius 3 is 2.22 bits per heavy atom. The molecule has 1 amide bonds. The molecule has 0 fully saturated rings. The van der Waals surface area contributed by atoms with Crippen molar-refractivity contribution in [2.45, 2.75) is 13.3 Å². The first-order chi connectivity index (χ1) is 8.69. The second-order valence-electron chi connectivity index (χ2n) is 4.13. The number of nitrogens with two attached hydrogens (primary N) is 1. The van der Waals surface area contributed by atoms with E-state index >= 15 is 0 Å². The molecule has 3 nitrogen and oxygen atoms in total. The van der Waals surface area contributed by atoms with Gasteiger partial charge in [-0.2, -0.15) is 0 Å². The van der Waals surface area contributed by atoms with Crippen LogP contribution >= 0.6 is 0 Å². The van der Waals surface area contributed by atoms with E-state index in [-0.39, 0.29) is 5.91 Å². The number of amides is 1.